The van der Waals surface area contributed by atoms with Gasteiger partial charge in [0.2, 0.25) is 0 Å². The zero-order valence-corrected chi connectivity index (χ0v) is 46.3. The number of ketones is 1. The molecule has 1 aromatic carbocycles. The predicted octanol–water partition coefficient (Wildman–Crippen LogP) is 3.61. The SMILES string of the molecule is CC[C@H]1OC(=O)[C@H](C)[C@@H](O[C@H]2C[C@@](C)(OC)[C@@H](O)[C@H](C)O2)[C@H](C)[C@@H](O[C@H]2O[C@H](C)C[C@H](N(C)CCNC(=O)OC3CCCN(c4ccc(S(C)(=O)=O)cc4)C3)[C@H]2O)[C@](C)(OC)C[C@@H](C)C(=O)[C@H](C)[C@@H](O)[C@]1(C)O. The van der Waals surface area contributed by atoms with E-state index in [1.165, 1.54) is 28.1 Å². The second kappa shape index (κ2) is 24.9. The summed E-state index contributed by atoms with van der Waals surface area (Å²) in [5, 5.41) is 49.5. The molecule has 4 saturated heterocycles. The van der Waals surface area contributed by atoms with E-state index < -0.39 is 136 Å². The molecule has 1 amide bonds. The Morgan fingerprint density at radius 1 is 0.918 bits per heavy atom. The fraction of sp³-hybridized carbons (Fsp3) is 0.827. The summed E-state index contributed by atoms with van der Waals surface area (Å²) < 4.78 is 74.3. The number of likely N-dealkylation sites (N-methyl/N-ethyl adjacent to an activating group) is 1. The molecule has 0 spiro atoms. The van der Waals surface area contributed by atoms with Crippen molar-refractivity contribution in [2.75, 3.05) is 58.6 Å². The molecular formula is C52H87N3O17S. The van der Waals surface area contributed by atoms with Gasteiger partial charge in [-0.25, -0.2) is 13.2 Å². The largest absolute Gasteiger partial charge is 0.459 e. The Labute approximate surface area is 432 Å². The summed E-state index contributed by atoms with van der Waals surface area (Å²) in [5.74, 6) is -4.90. The predicted molar refractivity (Wildman–Crippen MR) is 269 cm³/mol. The van der Waals surface area contributed by atoms with Gasteiger partial charge in [0.15, 0.2) is 22.4 Å². The van der Waals surface area contributed by atoms with Crippen LogP contribution in [0.4, 0.5) is 10.5 Å². The second-order valence-corrected chi connectivity index (χ2v) is 24.0. The number of hydrogen-bond acceptors (Lipinski definition) is 19. The third-order valence-corrected chi connectivity index (χ3v) is 17.3. The minimum Gasteiger partial charge on any atom is -0.459 e. The minimum atomic E-state index is -3.34. The van der Waals surface area contributed by atoms with Crippen LogP contribution >= 0.6 is 0 Å². The molecule has 4 fully saturated rings. The van der Waals surface area contributed by atoms with Crippen molar-refractivity contribution in [3.8, 4) is 0 Å². The van der Waals surface area contributed by atoms with Crippen LogP contribution in [0.15, 0.2) is 29.2 Å². The molecule has 20 nitrogen and oxygen atoms in total. The molecule has 0 radical (unpaired) electrons. The highest BCUT2D eigenvalue weighted by molar-refractivity contribution is 7.90. The van der Waals surface area contributed by atoms with E-state index in [1.54, 1.807) is 72.7 Å². The molecule has 5 N–H and O–H groups in total. The van der Waals surface area contributed by atoms with Gasteiger partial charge in [-0.1, -0.05) is 27.7 Å². The molecule has 0 bridgehead atoms. The number of anilines is 1. The topological polar surface area (TPSA) is 259 Å². The maximum Gasteiger partial charge on any atom is 0.407 e. The molecule has 5 rings (SSSR count). The molecule has 19 atom stereocenters. The number of ether oxygens (including phenoxy) is 8. The first kappa shape index (κ1) is 60.8. The number of piperidine rings is 1. The lowest BCUT2D eigenvalue weighted by Gasteiger charge is -2.50. The molecule has 418 valence electrons. The highest BCUT2D eigenvalue weighted by atomic mass is 32.2. The summed E-state index contributed by atoms with van der Waals surface area (Å²) in [6, 6.07) is 6.11. The summed E-state index contributed by atoms with van der Waals surface area (Å²) in [6.45, 7) is 18.5. The zero-order chi connectivity index (χ0) is 54.5. The standard InChI is InChI=1S/C52H87N3O17S/c1-15-39-52(10,62)44(58)31(4)41(56)29(2)26-51(9,66-13)46(32(5)43(33(6)47(60)70-39)71-40-27-50(8,65-12)45(59)34(7)68-40)72-48-42(57)38(25-30(3)67-48)54(11)24-22-53-49(61)69-36-17-16-23-55(28-36)35-18-20-37(21-19-35)73(14,63)64/h18-21,29-34,36,38-40,42-46,48,57-59,62H,15-17,22-28H2,1-14H3,(H,53,61)/t29-,30-,31+,32+,33-,34+,36?,38+,39-,40+,42-,43+,44-,45+,46-,48-,50-,51-,52-/m1/s1. The molecule has 4 aliphatic rings. The van der Waals surface area contributed by atoms with Crippen LogP contribution in [-0.2, 0) is 57.3 Å². The first-order valence-corrected chi connectivity index (χ1v) is 27.8. The van der Waals surface area contributed by atoms with Crippen molar-refractivity contribution in [1.29, 1.82) is 0 Å². The summed E-state index contributed by atoms with van der Waals surface area (Å²) in [5.41, 5.74) is -3.64. The molecule has 73 heavy (non-hydrogen) atoms. The van der Waals surface area contributed by atoms with Gasteiger partial charge in [0.1, 0.15) is 35.8 Å². The number of alkyl carbamates (subject to hydrolysis) is 1. The Morgan fingerprint density at radius 3 is 2.16 bits per heavy atom. The molecule has 0 aliphatic carbocycles. The van der Waals surface area contributed by atoms with Crippen molar-refractivity contribution < 1.29 is 81.1 Å². The number of nitrogens with one attached hydrogen (secondary N) is 1. The Hall–Kier alpha value is -3.06. The van der Waals surface area contributed by atoms with Crippen LogP contribution in [0.2, 0.25) is 0 Å². The normalized spacial score (nSPS) is 40.7. The van der Waals surface area contributed by atoms with Crippen molar-refractivity contribution in [2.45, 2.75) is 203 Å². The van der Waals surface area contributed by atoms with E-state index in [-0.39, 0.29) is 36.5 Å². The van der Waals surface area contributed by atoms with Gasteiger partial charge in [-0.3, -0.25) is 14.5 Å². The number of benzene rings is 1. The molecule has 1 aromatic rings. The van der Waals surface area contributed by atoms with Gasteiger partial charge in [0.05, 0.1) is 59.1 Å². The van der Waals surface area contributed by atoms with E-state index in [4.69, 9.17) is 37.9 Å². The minimum absolute atomic E-state index is 0.0328. The first-order valence-electron chi connectivity index (χ1n) is 25.9. The van der Waals surface area contributed by atoms with Gasteiger partial charge < -0.3 is 68.5 Å². The maximum absolute atomic E-state index is 14.5. The fourth-order valence-corrected chi connectivity index (χ4v) is 12.0. The molecule has 4 aliphatic heterocycles. The third kappa shape index (κ3) is 14.3. The van der Waals surface area contributed by atoms with Crippen molar-refractivity contribution in [3.63, 3.8) is 0 Å². The van der Waals surface area contributed by atoms with Crippen LogP contribution in [0.3, 0.4) is 0 Å². The smallest absolute Gasteiger partial charge is 0.407 e. The van der Waals surface area contributed by atoms with E-state index >= 15 is 0 Å². The number of carbonyl (C=O) groups excluding carboxylic acids is 3. The highest BCUT2D eigenvalue weighted by Gasteiger charge is 2.54. The lowest BCUT2D eigenvalue weighted by Crippen LogP contribution is -2.62. The monoisotopic (exact) mass is 1060 g/mol. The van der Waals surface area contributed by atoms with Crippen molar-refractivity contribution >= 4 is 33.4 Å². The van der Waals surface area contributed by atoms with Crippen LogP contribution in [0, 0.1) is 23.7 Å². The van der Waals surface area contributed by atoms with Crippen molar-refractivity contribution in [1.82, 2.24) is 10.2 Å². The Balaban J connectivity index is 1.38. The van der Waals surface area contributed by atoms with Crippen LogP contribution in [0.5, 0.6) is 0 Å². The van der Waals surface area contributed by atoms with Gasteiger partial charge in [0, 0.05) is 76.0 Å². The highest BCUT2D eigenvalue weighted by Crippen LogP contribution is 2.42. The Bertz CT molecular complexity index is 2100. The molecule has 0 aromatic heterocycles. The average Bonchev–Trinajstić information content (AvgIpc) is 3.34. The van der Waals surface area contributed by atoms with Gasteiger partial charge in [-0.2, -0.15) is 0 Å². The number of carbonyl (C=O) groups is 3. The van der Waals surface area contributed by atoms with Crippen LogP contribution in [0.1, 0.15) is 108 Å². The van der Waals surface area contributed by atoms with Crippen LogP contribution < -0.4 is 10.2 Å². The number of hydrogen-bond donors (Lipinski definition) is 5. The quantitative estimate of drug-likeness (QED) is 0.167. The first-order chi connectivity index (χ1) is 34.0. The van der Waals surface area contributed by atoms with E-state index in [9.17, 15) is 43.2 Å². The van der Waals surface area contributed by atoms with E-state index in [0.717, 1.165) is 24.9 Å². The molecule has 4 heterocycles. The van der Waals surface area contributed by atoms with Crippen molar-refractivity contribution in [3.05, 3.63) is 24.3 Å². The van der Waals surface area contributed by atoms with E-state index in [0.29, 0.717) is 25.9 Å². The number of cyclic esters (lactones) is 1. The number of rotatable bonds is 14. The Morgan fingerprint density at radius 2 is 1.56 bits per heavy atom. The van der Waals surface area contributed by atoms with Gasteiger partial charge in [-0.15, -0.1) is 0 Å². The lowest BCUT2D eigenvalue weighted by molar-refractivity contribution is -0.319. The lowest BCUT2D eigenvalue weighted by atomic mass is 9.74. The van der Waals surface area contributed by atoms with Crippen molar-refractivity contribution in [2.24, 2.45) is 23.7 Å². The van der Waals surface area contributed by atoms with Crippen LogP contribution in [0.25, 0.3) is 0 Å². The number of methoxy groups -OCH3 is 2. The number of aliphatic hydroxyl groups is 4. The summed E-state index contributed by atoms with van der Waals surface area (Å²) >= 11 is 0. The van der Waals surface area contributed by atoms with Gasteiger partial charge in [-0.05, 0) is 105 Å². The molecule has 0 saturated carbocycles. The van der Waals surface area contributed by atoms with Crippen LogP contribution in [-0.4, -0.2) is 196 Å². The number of Topliss-reactive ketones (excluding diaryl/α,β-unsaturated/α-hetero) is 1. The molecular weight excluding hydrogens is 971 g/mol. The summed E-state index contributed by atoms with van der Waals surface area (Å²) in [4.78, 5) is 46.0. The maximum atomic E-state index is 14.5. The molecule has 1 unspecified atom stereocenters. The summed E-state index contributed by atoms with van der Waals surface area (Å²) in [7, 11) is 1.45. The Kier molecular flexibility index (Phi) is 20.8. The second-order valence-electron chi connectivity index (χ2n) is 22.0. The summed E-state index contributed by atoms with van der Waals surface area (Å²) in [6.07, 6.45) is -8.52. The number of aliphatic hydroxyl groups excluding tert-OH is 3. The van der Waals surface area contributed by atoms with E-state index in [1.807, 2.05) is 18.9 Å². The molecule has 21 heteroatoms. The average molecular weight is 1060 g/mol. The van der Waals surface area contributed by atoms with Gasteiger partial charge in [0.25, 0.3) is 0 Å². The van der Waals surface area contributed by atoms with E-state index in [2.05, 4.69) is 10.2 Å². The number of sulfone groups is 1. The third-order valence-electron chi connectivity index (χ3n) is 16.2. The number of amides is 1. The van der Waals surface area contributed by atoms with Gasteiger partial charge >= 0.3 is 12.1 Å². The number of esters is 1. The fourth-order valence-electron chi connectivity index (χ4n) is 11.4. The zero-order valence-electron chi connectivity index (χ0n) is 45.5. The number of nitrogens with zero attached hydrogens (tertiary/aromatic N) is 2.